The van der Waals surface area contributed by atoms with E-state index in [-0.39, 0.29) is 5.56 Å². The van der Waals surface area contributed by atoms with Gasteiger partial charge in [-0.3, -0.25) is 4.79 Å². The maximum atomic E-state index is 12.7. The van der Waals surface area contributed by atoms with E-state index in [0.717, 1.165) is 40.6 Å². The highest BCUT2D eigenvalue weighted by molar-refractivity contribution is 5.96. The van der Waals surface area contributed by atoms with E-state index in [1.807, 2.05) is 36.4 Å². The summed E-state index contributed by atoms with van der Waals surface area (Å²) in [4.78, 5) is 22.8. The van der Waals surface area contributed by atoms with Crippen LogP contribution in [0.3, 0.4) is 0 Å². The van der Waals surface area contributed by atoms with E-state index >= 15 is 0 Å². The molecule has 0 atom stereocenters. The second-order valence-electron chi connectivity index (χ2n) is 6.84. The van der Waals surface area contributed by atoms with Gasteiger partial charge in [-0.2, -0.15) is 4.98 Å². The van der Waals surface area contributed by atoms with Crippen LogP contribution in [0.25, 0.3) is 33.1 Å². The maximum absolute atomic E-state index is 12.7. The number of nitrogens with zero attached hydrogens (tertiary/aromatic N) is 2. The quantitative estimate of drug-likeness (QED) is 0.590. The summed E-state index contributed by atoms with van der Waals surface area (Å²) in [5.74, 6) is 0.619. The van der Waals surface area contributed by atoms with Crippen LogP contribution >= 0.6 is 0 Å². The lowest BCUT2D eigenvalue weighted by atomic mass is 10.0. The van der Waals surface area contributed by atoms with Crippen LogP contribution in [-0.4, -0.2) is 23.1 Å². The van der Waals surface area contributed by atoms with Crippen LogP contribution in [-0.2, 0) is 0 Å². The summed E-state index contributed by atoms with van der Waals surface area (Å²) in [5.41, 5.74) is 2.71. The SMILES string of the molecule is O=c1nc(-c2cccc3ccccc23)[nH]c2ccc(N3CCCC3)cc12. The molecule has 0 unspecified atom stereocenters. The van der Waals surface area contributed by atoms with Crippen molar-refractivity contribution in [3.05, 3.63) is 71.0 Å². The van der Waals surface area contributed by atoms with Crippen LogP contribution in [0.1, 0.15) is 12.8 Å². The van der Waals surface area contributed by atoms with E-state index in [1.54, 1.807) is 0 Å². The zero-order chi connectivity index (χ0) is 17.5. The number of benzene rings is 3. The monoisotopic (exact) mass is 341 g/mol. The summed E-state index contributed by atoms with van der Waals surface area (Å²) >= 11 is 0. The Balaban J connectivity index is 1.68. The smallest absolute Gasteiger partial charge is 0.281 e. The average molecular weight is 341 g/mol. The Bertz CT molecular complexity index is 1170. The molecule has 0 bridgehead atoms. The molecule has 3 aromatic carbocycles. The number of fused-ring (bicyclic) bond motifs is 2. The average Bonchev–Trinajstić information content (AvgIpc) is 3.22. The molecule has 0 amide bonds. The summed E-state index contributed by atoms with van der Waals surface area (Å²) in [5, 5.41) is 2.88. The number of rotatable bonds is 2. The Hall–Kier alpha value is -3.14. The molecule has 2 heterocycles. The van der Waals surface area contributed by atoms with Crippen molar-refractivity contribution >= 4 is 27.4 Å². The molecule has 1 aliphatic heterocycles. The lowest BCUT2D eigenvalue weighted by molar-refractivity contribution is 0.949. The molecule has 0 spiro atoms. The molecule has 4 nitrogen and oxygen atoms in total. The van der Waals surface area contributed by atoms with E-state index in [2.05, 4.69) is 39.1 Å². The van der Waals surface area contributed by atoms with Crippen molar-refractivity contribution in [2.24, 2.45) is 0 Å². The van der Waals surface area contributed by atoms with Crippen LogP contribution in [0.5, 0.6) is 0 Å². The Morgan fingerprint density at radius 2 is 1.69 bits per heavy atom. The fraction of sp³-hybridized carbons (Fsp3) is 0.182. The molecule has 26 heavy (non-hydrogen) atoms. The van der Waals surface area contributed by atoms with Gasteiger partial charge in [0.25, 0.3) is 5.56 Å². The lowest BCUT2D eigenvalue weighted by Crippen LogP contribution is -2.18. The van der Waals surface area contributed by atoms with Crippen molar-refractivity contribution in [3.8, 4) is 11.4 Å². The molecule has 1 N–H and O–H groups in total. The zero-order valence-corrected chi connectivity index (χ0v) is 14.4. The molecule has 4 heteroatoms. The number of hydrogen-bond acceptors (Lipinski definition) is 3. The van der Waals surface area contributed by atoms with E-state index < -0.39 is 0 Å². The van der Waals surface area contributed by atoms with Crippen LogP contribution in [0.4, 0.5) is 5.69 Å². The topological polar surface area (TPSA) is 49.0 Å². The number of anilines is 1. The first-order valence-corrected chi connectivity index (χ1v) is 9.07. The highest BCUT2D eigenvalue weighted by Crippen LogP contribution is 2.27. The predicted molar refractivity (Wildman–Crippen MR) is 107 cm³/mol. The second-order valence-corrected chi connectivity index (χ2v) is 6.84. The Labute approximate surface area is 151 Å². The third-order valence-corrected chi connectivity index (χ3v) is 5.22. The summed E-state index contributed by atoms with van der Waals surface area (Å²) in [6.07, 6.45) is 2.43. The van der Waals surface area contributed by atoms with E-state index in [1.165, 1.54) is 12.8 Å². The molecule has 0 aliphatic carbocycles. The van der Waals surface area contributed by atoms with Gasteiger partial charge in [0.15, 0.2) is 0 Å². The van der Waals surface area contributed by atoms with E-state index in [4.69, 9.17) is 0 Å². The molecule has 1 saturated heterocycles. The minimum atomic E-state index is -0.178. The van der Waals surface area contributed by atoms with E-state index in [9.17, 15) is 4.79 Å². The van der Waals surface area contributed by atoms with Gasteiger partial charge in [0.1, 0.15) is 5.82 Å². The van der Waals surface area contributed by atoms with Gasteiger partial charge in [-0.1, -0.05) is 42.5 Å². The first-order valence-electron chi connectivity index (χ1n) is 9.07. The van der Waals surface area contributed by atoms with Crippen LogP contribution in [0, 0.1) is 0 Å². The van der Waals surface area contributed by atoms with Crippen molar-refractivity contribution in [2.75, 3.05) is 18.0 Å². The van der Waals surface area contributed by atoms with Gasteiger partial charge in [0, 0.05) is 24.3 Å². The van der Waals surface area contributed by atoms with E-state index in [0.29, 0.717) is 11.2 Å². The standard InChI is InChI=1S/C22H19N3O/c26-22-19-14-16(25-12-3-4-13-25)10-11-20(19)23-21(24-22)18-9-5-7-15-6-1-2-8-17(15)18/h1-2,5-11,14H,3-4,12-13H2,(H,23,24,26). The van der Waals surface area contributed by atoms with Crippen molar-refractivity contribution in [3.63, 3.8) is 0 Å². The van der Waals surface area contributed by atoms with Gasteiger partial charge < -0.3 is 9.88 Å². The fourth-order valence-electron chi connectivity index (χ4n) is 3.87. The van der Waals surface area contributed by atoms with Crippen molar-refractivity contribution < 1.29 is 0 Å². The van der Waals surface area contributed by atoms with Crippen molar-refractivity contribution in [1.82, 2.24) is 9.97 Å². The number of hydrogen-bond donors (Lipinski definition) is 1. The predicted octanol–water partition coefficient (Wildman–Crippen LogP) is 4.34. The maximum Gasteiger partial charge on any atom is 0.281 e. The molecular weight excluding hydrogens is 322 g/mol. The minimum Gasteiger partial charge on any atom is -0.372 e. The summed E-state index contributed by atoms with van der Waals surface area (Å²) in [6, 6.07) is 20.3. The van der Waals surface area contributed by atoms with Gasteiger partial charge in [-0.25, -0.2) is 0 Å². The largest absolute Gasteiger partial charge is 0.372 e. The zero-order valence-electron chi connectivity index (χ0n) is 14.4. The van der Waals surface area contributed by atoms with Crippen LogP contribution in [0.15, 0.2) is 65.5 Å². The Kier molecular flexibility index (Phi) is 3.49. The highest BCUT2D eigenvalue weighted by atomic mass is 16.1. The number of aromatic amines is 1. The fourth-order valence-corrected chi connectivity index (χ4v) is 3.87. The molecular formula is C22H19N3O. The first kappa shape index (κ1) is 15.1. The molecule has 0 radical (unpaired) electrons. The summed E-state index contributed by atoms with van der Waals surface area (Å²) < 4.78 is 0. The first-order chi connectivity index (χ1) is 12.8. The van der Waals surface area contributed by atoms with Crippen molar-refractivity contribution in [2.45, 2.75) is 12.8 Å². The number of nitrogens with one attached hydrogen (secondary N) is 1. The third-order valence-electron chi connectivity index (χ3n) is 5.22. The van der Waals surface area contributed by atoms with Gasteiger partial charge in [-0.15, -0.1) is 0 Å². The Morgan fingerprint density at radius 1 is 0.885 bits per heavy atom. The third kappa shape index (κ3) is 2.46. The van der Waals surface area contributed by atoms with Gasteiger partial charge >= 0.3 is 0 Å². The normalized spacial score (nSPS) is 14.4. The summed E-state index contributed by atoms with van der Waals surface area (Å²) in [7, 11) is 0. The highest BCUT2D eigenvalue weighted by Gasteiger charge is 2.14. The molecule has 0 saturated carbocycles. The van der Waals surface area contributed by atoms with Gasteiger partial charge in [0.2, 0.25) is 0 Å². The summed E-state index contributed by atoms with van der Waals surface area (Å²) in [6.45, 7) is 2.12. The van der Waals surface area contributed by atoms with Crippen LogP contribution < -0.4 is 10.5 Å². The molecule has 4 aromatic rings. The molecule has 1 aliphatic rings. The molecule has 1 fully saturated rings. The lowest BCUT2D eigenvalue weighted by Gasteiger charge is -2.17. The van der Waals surface area contributed by atoms with Crippen LogP contribution in [0.2, 0.25) is 0 Å². The minimum absolute atomic E-state index is 0.178. The second kappa shape index (κ2) is 5.99. The van der Waals surface area contributed by atoms with Gasteiger partial charge in [0.05, 0.1) is 10.9 Å². The number of H-pyrrole nitrogens is 1. The number of aromatic nitrogens is 2. The van der Waals surface area contributed by atoms with Crippen molar-refractivity contribution in [1.29, 1.82) is 0 Å². The molecule has 128 valence electrons. The Morgan fingerprint density at radius 3 is 2.58 bits per heavy atom. The molecule has 5 rings (SSSR count). The molecule has 1 aromatic heterocycles. The van der Waals surface area contributed by atoms with Gasteiger partial charge in [-0.05, 0) is 41.8 Å².